The number of nitrogens with zero attached hydrogens (tertiary/aromatic N) is 2. The quantitative estimate of drug-likeness (QED) is 0.453. The summed E-state index contributed by atoms with van der Waals surface area (Å²) in [4.78, 5) is 6.88. The van der Waals surface area contributed by atoms with Crippen LogP contribution in [0.4, 0.5) is 0 Å². The highest BCUT2D eigenvalue weighted by Crippen LogP contribution is 2.47. The lowest BCUT2D eigenvalue weighted by atomic mass is 9.68. The van der Waals surface area contributed by atoms with Gasteiger partial charge in [0, 0.05) is 33.8 Å². The van der Waals surface area contributed by atoms with Crippen molar-refractivity contribution in [2.24, 2.45) is 10.4 Å². The zero-order valence-corrected chi connectivity index (χ0v) is 16.5. The van der Waals surface area contributed by atoms with E-state index in [2.05, 4.69) is 39.5 Å². The largest absolute Gasteiger partial charge is 0.375 e. The fraction of sp³-hybridized carbons (Fsp3) is 0.611. The maximum Gasteiger partial charge on any atom is 0.193 e. The van der Waals surface area contributed by atoms with Gasteiger partial charge in [0.1, 0.15) is 0 Å². The van der Waals surface area contributed by atoms with Crippen molar-refractivity contribution in [3.8, 4) is 0 Å². The molecule has 23 heavy (non-hydrogen) atoms. The smallest absolute Gasteiger partial charge is 0.193 e. The van der Waals surface area contributed by atoms with E-state index in [9.17, 15) is 0 Å². The number of halogens is 1. The Morgan fingerprint density at radius 3 is 2.57 bits per heavy atom. The summed E-state index contributed by atoms with van der Waals surface area (Å²) in [5.41, 5.74) is 1.79. The first-order valence-corrected chi connectivity index (χ1v) is 8.30. The molecule has 3 rings (SSSR count). The molecule has 0 aromatic heterocycles. The number of hydrogen-bond donors (Lipinski definition) is 1. The predicted molar refractivity (Wildman–Crippen MR) is 105 cm³/mol. The second-order valence-electron chi connectivity index (χ2n) is 6.59. The van der Waals surface area contributed by atoms with Gasteiger partial charge < -0.3 is 15.0 Å². The molecule has 0 amide bonds. The first kappa shape index (κ1) is 18.5. The van der Waals surface area contributed by atoms with Crippen LogP contribution in [-0.2, 0) is 4.74 Å². The van der Waals surface area contributed by atoms with Crippen LogP contribution in [-0.4, -0.2) is 44.7 Å². The first-order valence-electron chi connectivity index (χ1n) is 8.30. The number of guanidine groups is 1. The van der Waals surface area contributed by atoms with E-state index < -0.39 is 0 Å². The van der Waals surface area contributed by atoms with Crippen LogP contribution in [0.3, 0.4) is 0 Å². The minimum atomic E-state index is 0. The van der Waals surface area contributed by atoms with E-state index in [1.807, 2.05) is 13.1 Å². The number of rotatable bonds is 4. The van der Waals surface area contributed by atoms with Gasteiger partial charge in [0.15, 0.2) is 5.96 Å². The van der Waals surface area contributed by atoms with Crippen LogP contribution < -0.4 is 5.32 Å². The normalized spacial score (nSPS) is 20.8. The molecule has 2 aliphatic rings. The molecule has 4 nitrogen and oxygen atoms in total. The zero-order valence-electron chi connectivity index (χ0n) is 14.1. The van der Waals surface area contributed by atoms with Crippen molar-refractivity contribution >= 4 is 29.9 Å². The Bertz CT molecular complexity index is 516. The SMILES string of the molecule is CN=C(NCC(OC)c1ccccc1)N1CCC2(CCC2)C1.I. The van der Waals surface area contributed by atoms with Crippen LogP contribution in [0.1, 0.15) is 37.4 Å². The summed E-state index contributed by atoms with van der Waals surface area (Å²) < 4.78 is 5.63. The molecule has 1 aromatic carbocycles. The maximum absolute atomic E-state index is 5.63. The average Bonchev–Trinajstić information content (AvgIpc) is 2.98. The Kier molecular flexibility index (Phi) is 6.71. The van der Waals surface area contributed by atoms with Crippen molar-refractivity contribution in [2.45, 2.75) is 31.8 Å². The summed E-state index contributed by atoms with van der Waals surface area (Å²) in [5, 5.41) is 3.50. The van der Waals surface area contributed by atoms with Crippen LogP contribution in [0.15, 0.2) is 35.3 Å². The van der Waals surface area contributed by atoms with Gasteiger partial charge in [0.25, 0.3) is 0 Å². The van der Waals surface area contributed by atoms with Gasteiger partial charge in [-0.05, 0) is 30.2 Å². The van der Waals surface area contributed by atoms with Crippen molar-refractivity contribution in [1.82, 2.24) is 10.2 Å². The highest BCUT2D eigenvalue weighted by Gasteiger charge is 2.43. The number of nitrogens with one attached hydrogen (secondary N) is 1. The lowest BCUT2D eigenvalue weighted by molar-refractivity contribution is 0.105. The number of ether oxygens (including phenoxy) is 1. The number of methoxy groups -OCH3 is 1. The van der Waals surface area contributed by atoms with Gasteiger partial charge >= 0.3 is 0 Å². The monoisotopic (exact) mass is 429 g/mol. The van der Waals surface area contributed by atoms with E-state index in [0.29, 0.717) is 5.41 Å². The van der Waals surface area contributed by atoms with E-state index in [4.69, 9.17) is 4.74 Å². The van der Waals surface area contributed by atoms with Crippen molar-refractivity contribution < 1.29 is 4.74 Å². The molecule has 1 aliphatic heterocycles. The minimum Gasteiger partial charge on any atom is -0.375 e. The predicted octanol–water partition coefficient (Wildman–Crippen LogP) is 3.44. The van der Waals surface area contributed by atoms with Crippen molar-refractivity contribution in [2.75, 3.05) is 33.8 Å². The summed E-state index contributed by atoms with van der Waals surface area (Å²) >= 11 is 0. The topological polar surface area (TPSA) is 36.9 Å². The standard InChI is InChI=1S/C18H27N3O.HI/c1-19-17(21-12-11-18(14-21)9-6-10-18)20-13-16(22-2)15-7-4-3-5-8-15;/h3-5,7-8,16H,6,9-14H2,1-2H3,(H,19,20);1H. The molecule has 0 radical (unpaired) electrons. The molecular formula is C18H28IN3O. The van der Waals surface area contributed by atoms with Crippen LogP contribution in [0.2, 0.25) is 0 Å². The third kappa shape index (κ3) is 4.18. The second kappa shape index (κ2) is 8.33. The Morgan fingerprint density at radius 2 is 2.04 bits per heavy atom. The molecule has 5 heteroatoms. The van der Waals surface area contributed by atoms with Gasteiger partial charge in [-0.15, -0.1) is 24.0 Å². The Balaban J connectivity index is 0.00000192. The second-order valence-corrected chi connectivity index (χ2v) is 6.59. The van der Waals surface area contributed by atoms with E-state index in [1.54, 1.807) is 7.11 Å². The third-order valence-corrected chi connectivity index (χ3v) is 5.27. The fourth-order valence-electron chi connectivity index (χ4n) is 3.72. The first-order chi connectivity index (χ1) is 10.8. The molecule has 128 valence electrons. The zero-order chi connectivity index (χ0) is 15.4. The average molecular weight is 429 g/mol. The number of aliphatic imine (C=N–C) groups is 1. The molecule has 0 bridgehead atoms. The fourth-order valence-corrected chi connectivity index (χ4v) is 3.72. The molecule has 1 N–H and O–H groups in total. The lowest BCUT2D eigenvalue weighted by Gasteiger charge is -2.38. The highest BCUT2D eigenvalue weighted by molar-refractivity contribution is 14.0. The van der Waals surface area contributed by atoms with E-state index >= 15 is 0 Å². The summed E-state index contributed by atoms with van der Waals surface area (Å²) in [7, 11) is 3.64. The van der Waals surface area contributed by atoms with Crippen LogP contribution in [0, 0.1) is 5.41 Å². The Morgan fingerprint density at radius 1 is 1.30 bits per heavy atom. The van der Waals surface area contributed by atoms with Crippen molar-refractivity contribution in [1.29, 1.82) is 0 Å². The van der Waals surface area contributed by atoms with Crippen molar-refractivity contribution in [3.63, 3.8) is 0 Å². The molecule has 1 heterocycles. The molecule has 1 saturated carbocycles. The van der Waals surface area contributed by atoms with E-state index in [0.717, 1.165) is 25.6 Å². The summed E-state index contributed by atoms with van der Waals surface area (Å²) in [6.45, 7) is 3.04. The third-order valence-electron chi connectivity index (χ3n) is 5.27. The van der Waals surface area contributed by atoms with Gasteiger partial charge in [0.2, 0.25) is 0 Å². The van der Waals surface area contributed by atoms with E-state index in [1.165, 1.54) is 31.2 Å². The molecule has 1 aliphatic carbocycles. The number of hydrogen-bond acceptors (Lipinski definition) is 2. The maximum atomic E-state index is 5.63. The van der Waals surface area contributed by atoms with Gasteiger partial charge in [-0.3, -0.25) is 4.99 Å². The molecule has 1 saturated heterocycles. The van der Waals surface area contributed by atoms with Crippen LogP contribution in [0.5, 0.6) is 0 Å². The van der Waals surface area contributed by atoms with Gasteiger partial charge in [0.05, 0.1) is 6.10 Å². The molecular weight excluding hydrogens is 401 g/mol. The summed E-state index contributed by atoms with van der Waals surface area (Å²) in [6, 6.07) is 10.4. The Hall–Kier alpha value is -0.820. The van der Waals surface area contributed by atoms with Gasteiger partial charge in [-0.2, -0.15) is 0 Å². The molecule has 1 unspecified atom stereocenters. The lowest BCUT2D eigenvalue weighted by Crippen LogP contribution is -2.43. The Labute approximate surface area is 156 Å². The highest BCUT2D eigenvalue weighted by atomic mass is 127. The molecule has 2 fully saturated rings. The molecule has 1 atom stereocenters. The summed E-state index contributed by atoms with van der Waals surface area (Å²) in [5.74, 6) is 1.02. The molecule has 1 spiro atoms. The van der Waals surface area contributed by atoms with E-state index in [-0.39, 0.29) is 30.1 Å². The van der Waals surface area contributed by atoms with Gasteiger partial charge in [-0.25, -0.2) is 0 Å². The minimum absolute atomic E-state index is 0. The van der Waals surface area contributed by atoms with Crippen LogP contribution in [0.25, 0.3) is 0 Å². The number of benzene rings is 1. The van der Waals surface area contributed by atoms with Gasteiger partial charge in [-0.1, -0.05) is 36.8 Å². The number of likely N-dealkylation sites (tertiary alicyclic amines) is 1. The molecule has 1 aromatic rings. The van der Waals surface area contributed by atoms with Crippen LogP contribution >= 0.6 is 24.0 Å². The summed E-state index contributed by atoms with van der Waals surface area (Å²) in [6.07, 6.45) is 5.56. The van der Waals surface area contributed by atoms with Crippen molar-refractivity contribution in [3.05, 3.63) is 35.9 Å².